The van der Waals surface area contributed by atoms with Crippen LogP contribution in [-0.4, -0.2) is 58.3 Å². The number of carbonyl (C=O) groups excluding carboxylic acids is 3. The summed E-state index contributed by atoms with van der Waals surface area (Å²) in [6.45, 7) is 17.8. The standard InChI is InChI=1S/C24H40N4O4S/c1-8-10-16(2)24(7,21(30)27-33-18-12-13-18)26-20(29)19-11-9-14-28(19)17(3)15-25-22(31)32-23(4,5)6/h8,16,18-19H,1,3,9-15H2,2,4-7H3,(H,25,31)(H,26,29)(H,27,30)/t16-,19+,24?/m1/s1. The van der Waals surface area contributed by atoms with Crippen molar-refractivity contribution in [2.24, 2.45) is 5.92 Å². The number of alkyl carbamates (subject to hydrolysis) is 1. The van der Waals surface area contributed by atoms with Gasteiger partial charge in [-0.05, 0) is 77.7 Å². The number of amides is 3. The average molecular weight is 481 g/mol. The van der Waals surface area contributed by atoms with Crippen molar-refractivity contribution in [2.45, 2.75) is 89.2 Å². The molecule has 0 aromatic rings. The Morgan fingerprint density at radius 3 is 2.45 bits per heavy atom. The summed E-state index contributed by atoms with van der Waals surface area (Å²) < 4.78 is 8.21. The van der Waals surface area contributed by atoms with E-state index in [4.69, 9.17) is 4.74 Å². The van der Waals surface area contributed by atoms with Gasteiger partial charge in [-0.3, -0.25) is 14.3 Å². The molecule has 1 saturated carbocycles. The molecule has 0 spiro atoms. The Balaban J connectivity index is 2.02. The van der Waals surface area contributed by atoms with Crippen LogP contribution in [0, 0.1) is 5.92 Å². The van der Waals surface area contributed by atoms with Gasteiger partial charge >= 0.3 is 6.09 Å². The molecule has 1 heterocycles. The van der Waals surface area contributed by atoms with Gasteiger partial charge in [-0.2, -0.15) is 0 Å². The smallest absolute Gasteiger partial charge is 0.407 e. The van der Waals surface area contributed by atoms with Gasteiger partial charge in [0, 0.05) is 17.5 Å². The molecule has 2 rings (SSSR count). The Kier molecular flexibility index (Phi) is 9.29. The second-order valence-electron chi connectivity index (χ2n) is 10.1. The van der Waals surface area contributed by atoms with Crippen LogP contribution in [-0.2, 0) is 14.3 Å². The Hall–Kier alpha value is -2.16. The molecule has 9 heteroatoms. The molecule has 0 aromatic heterocycles. The summed E-state index contributed by atoms with van der Waals surface area (Å²) in [4.78, 5) is 40.3. The average Bonchev–Trinajstić information content (AvgIpc) is 3.41. The number of hydrogen-bond donors (Lipinski definition) is 3. The molecule has 0 radical (unpaired) electrons. The molecule has 2 fully saturated rings. The van der Waals surface area contributed by atoms with Gasteiger partial charge in [0.2, 0.25) is 5.91 Å². The monoisotopic (exact) mass is 480 g/mol. The molecule has 186 valence electrons. The van der Waals surface area contributed by atoms with Crippen LogP contribution in [0.1, 0.15) is 66.7 Å². The van der Waals surface area contributed by atoms with Crippen molar-refractivity contribution in [3.05, 3.63) is 24.9 Å². The van der Waals surface area contributed by atoms with Crippen LogP contribution in [0.4, 0.5) is 4.79 Å². The minimum atomic E-state index is -1.07. The zero-order chi connectivity index (χ0) is 24.8. The molecule has 1 aliphatic carbocycles. The summed E-state index contributed by atoms with van der Waals surface area (Å²) in [5, 5.41) is 6.20. The number of nitrogens with one attached hydrogen (secondary N) is 3. The Bertz CT molecular complexity index is 762. The molecule has 3 N–H and O–H groups in total. The maximum atomic E-state index is 13.3. The van der Waals surface area contributed by atoms with E-state index < -0.39 is 23.3 Å². The highest BCUT2D eigenvalue weighted by atomic mass is 32.2. The van der Waals surface area contributed by atoms with Gasteiger partial charge < -0.3 is 20.3 Å². The molecule has 1 unspecified atom stereocenters. The zero-order valence-electron chi connectivity index (χ0n) is 20.7. The fourth-order valence-corrected chi connectivity index (χ4v) is 4.52. The lowest BCUT2D eigenvalue weighted by Crippen LogP contribution is -2.62. The normalized spacial score (nSPS) is 20.9. The molecular weight excluding hydrogens is 440 g/mol. The van der Waals surface area contributed by atoms with E-state index in [1.54, 1.807) is 33.8 Å². The molecular formula is C24H40N4O4S. The molecule has 3 atom stereocenters. The van der Waals surface area contributed by atoms with Crippen LogP contribution >= 0.6 is 11.9 Å². The van der Waals surface area contributed by atoms with Gasteiger partial charge in [-0.1, -0.05) is 19.6 Å². The van der Waals surface area contributed by atoms with Gasteiger partial charge in [0.15, 0.2) is 0 Å². The maximum absolute atomic E-state index is 13.3. The fourth-order valence-electron chi connectivity index (χ4n) is 3.67. The van der Waals surface area contributed by atoms with E-state index in [0.29, 0.717) is 30.3 Å². The summed E-state index contributed by atoms with van der Waals surface area (Å²) in [5.41, 5.74) is -1.03. The van der Waals surface area contributed by atoms with Crippen molar-refractivity contribution in [1.82, 2.24) is 20.3 Å². The Labute approximate surface area is 202 Å². The number of carbonyl (C=O) groups is 3. The van der Waals surface area contributed by atoms with E-state index >= 15 is 0 Å². The Morgan fingerprint density at radius 2 is 1.88 bits per heavy atom. The number of hydrogen-bond acceptors (Lipinski definition) is 6. The third kappa shape index (κ3) is 7.98. The molecule has 33 heavy (non-hydrogen) atoms. The number of rotatable bonds is 11. The lowest BCUT2D eigenvalue weighted by Gasteiger charge is -2.37. The first-order valence-corrected chi connectivity index (χ1v) is 12.6. The quantitative estimate of drug-likeness (QED) is 0.309. The van der Waals surface area contributed by atoms with Gasteiger partial charge in [-0.15, -0.1) is 6.58 Å². The summed E-state index contributed by atoms with van der Waals surface area (Å²) in [5.74, 6) is -0.543. The highest BCUT2D eigenvalue weighted by Crippen LogP contribution is 2.33. The molecule has 3 amide bonds. The van der Waals surface area contributed by atoms with Crippen molar-refractivity contribution >= 4 is 29.9 Å². The first kappa shape index (κ1) is 27.1. The zero-order valence-corrected chi connectivity index (χ0v) is 21.5. The predicted molar refractivity (Wildman–Crippen MR) is 132 cm³/mol. The topological polar surface area (TPSA) is 99.8 Å². The predicted octanol–water partition coefficient (Wildman–Crippen LogP) is 3.50. The van der Waals surface area contributed by atoms with Crippen LogP contribution < -0.4 is 15.4 Å². The van der Waals surface area contributed by atoms with E-state index in [1.165, 1.54) is 11.9 Å². The third-order valence-corrected chi connectivity index (χ3v) is 7.11. The molecule has 2 aliphatic rings. The second-order valence-corrected chi connectivity index (χ2v) is 11.2. The third-order valence-electron chi connectivity index (χ3n) is 6.00. The second kappa shape index (κ2) is 11.3. The van der Waals surface area contributed by atoms with Crippen molar-refractivity contribution < 1.29 is 19.1 Å². The van der Waals surface area contributed by atoms with Crippen LogP contribution in [0.25, 0.3) is 0 Å². The van der Waals surface area contributed by atoms with Gasteiger partial charge in [0.1, 0.15) is 17.2 Å². The summed E-state index contributed by atoms with van der Waals surface area (Å²) in [6.07, 6.45) is 5.52. The van der Waals surface area contributed by atoms with Gasteiger partial charge in [0.05, 0.1) is 6.54 Å². The first-order valence-electron chi connectivity index (χ1n) is 11.7. The van der Waals surface area contributed by atoms with E-state index in [2.05, 4.69) is 28.5 Å². The molecule has 8 nitrogen and oxygen atoms in total. The summed E-state index contributed by atoms with van der Waals surface area (Å²) >= 11 is 1.44. The van der Waals surface area contributed by atoms with E-state index in [1.807, 2.05) is 11.8 Å². The largest absolute Gasteiger partial charge is 0.444 e. The number of likely N-dealkylation sites (tertiary alicyclic amines) is 1. The number of allylic oxidation sites excluding steroid dienone is 1. The van der Waals surface area contributed by atoms with Crippen molar-refractivity contribution in [3.63, 3.8) is 0 Å². The van der Waals surface area contributed by atoms with Crippen LogP contribution in [0.15, 0.2) is 24.9 Å². The minimum Gasteiger partial charge on any atom is -0.444 e. The van der Waals surface area contributed by atoms with Crippen LogP contribution in [0.5, 0.6) is 0 Å². The van der Waals surface area contributed by atoms with Crippen molar-refractivity contribution in [2.75, 3.05) is 13.1 Å². The van der Waals surface area contributed by atoms with Crippen LogP contribution in [0.3, 0.4) is 0 Å². The summed E-state index contributed by atoms with van der Waals surface area (Å²) in [6, 6.07) is -0.447. The van der Waals surface area contributed by atoms with Gasteiger partial charge in [-0.25, -0.2) is 4.79 Å². The SMILES string of the molecule is C=CC[C@@H](C)C(C)(NC(=O)[C@@H]1CCCN1C(=C)CNC(=O)OC(C)(C)C)C(=O)NSC1CC1. The highest BCUT2D eigenvalue weighted by molar-refractivity contribution is 7.98. The van der Waals surface area contributed by atoms with Crippen molar-refractivity contribution in [3.8, 4) is 0 Å². The van der Waals surface area contributed by atoms with Crippen LogP contribution in [0.2, 0.25) is 0 Å². The van der Waals surface area contributed by atoms with E-state index in [-0.39, 0.29) is 24.3 Å². The number of ether oxygens (including phenoxy) is 1. The van der Waals surface area contributed by atoms with Gasteiger partial charge in [0.25, 0.3) is 5.91 Å². The fraction of sp³-hybridized carbons (Fsp3) is 0.708. The Morgan fingerprint density at radius 1 is 1.21 bits per heavy atom. The lowest BCUT2D eigenvalue weighted by molar-refractivity contribution is -0.135. The highest BCUT2D eigenvalue weighted by Gasteiger charge is 2.43. The lowest BCUT2D eigenvalue weighted by atomic mass is 9.83. The molecule has 1 aliphatic heterocycles. The minimum absolute atomic E-state index is 0.134. The number of nitrogens with zero attached hydrogens (tertiary/aromatic N) is 1. The van der Waals surface area contributed by atoms with E-state index in [9.17, 15) is 14.4 Å². The maximum Gasteiger partial charge on any atom is 0.407 e. The molecule has 1 saturated heterocycles. The molecule has 0 aromatic carbocycles. The van der Waals surface area contributed by atoms with E-state index in [0.717, 1.165) is 19.3 Å². The first-order chi connectivity index (χ1) is 15.4. The summed E-state index contributed by atoms with van der Waals surface area (Å²) in [7, 11) is 0. The molecule has 0 bridgehead atoms. The van der Waals surface area contributed by atoms with Crippen molar-refractivity contribution in [1.29, 1.82) is 0 Å².